The van der Waals surface area contributed by atoms with E-state index in [1.165, 1.54) is 0 Å². The maximum Gasteiger partial charge on any atom is 0.229 e. The highest BCUT2D eigenvalue weighted by atomic mass is 32.1. The fourth-order valence-electron chi connectivity index (χ4n) is 3.43. The van der Waals surface area contributed by atoms with Crippen molar-refractivity contribution in [2.75, 3.05) is 6.61 Å². The lowest BCUT2D eigenvalue weighted by Gasteiger charge is -2.12. The van der Waals surface area contributed by atoms with E-state index >= 15 is 0 Å². The third kappa shape index (κ3) is 3.83. The molecule has 152 valence electrons. The molecule has 0 atom stereocenters. The van der Waals surface area contributed by atoms with Crippen LogP contribution in [0.5, 0.6) is 0 Å². The number of aliphatic hydroxyl groups is 1. The molecule has 0 aliphatic heterocycles. The normalized spacial score (nSPS) is 14.7. The van der Waals surface area contributed by atoms with Gasteiger partial charge in [0.15, 0.2) is 0 Å². The highest BCUT2D eigenvalue weighted by Crippen LogP contribution is 2.34. The van der Waals surface area contributed by atoms with Gasteiger partial charge in [-0.1, -0.05) is 42.5 Å². The van der Waals surface area contributed by atoms with Crippen LogP contribution in [0.3, 0.4) is 0 Å². The Morgan fingerprint density at radius 3 is 2.67 bits per heavy atom. The number of aliphatic hydroxyl groups excluding tert-OH is 1. The molecule has 2 N–H and O–H groups in total. The molecule has 1 amide bonds. The Balaban J connectivity index is 1.31. The fourth-order valence-corrected chi connectivity index (χ4v) is 4.42. The first kappa shape index (κ1) is 18.9. The third-order valence-electron chi connectivity index (χ3n) is 5.23. The third-order valence-corrected chi connectivity index (χ3v) is 6.25. The minimum atomic E-state index is -0.447. The van der Waals surface area contributed by atoms with E-state index in [0.29, 0.717) is 12.3 Å². The number of benzene rings is 2. The summed E-state index contributed by atoms with van der Waals surface area (Å²) in [4.78, 5) is 16.9. The summed E-state index contributed by atoms with van der Waals surface area (Å²) in [5.41, 5.74) is 2.73. The lowest BCUT2D eigenvalue weighted by molar-refractivity contribution is -0.122. The zero-order valence-electron chi connectivity index (χ0n) is 16.2. The molecule has 2 heterocycles. The van der Waals surface area contributed by atoms with Crippen LogP contribution in [-0.4, -0.2) is 38.3 Å². The van der Waals surface area contributed by atoms with Gasteiger partial charge in [0.05, 0.1) is 28.8 Å². The van der Waals surface area contributed by atoms with Crippen molar-refractivity contribution in [1.82, 2.24) is 20.5 Å². The van der Waals surface area contributed by atoms with E-state index in [1.54, 1.807) is 11.3 Å². The molecular formula is C22H20N4O3S. The summed E-state index contributed by atoms with van der Waals surface area (Å²) >= 11 is 1.60. The van der Waals surface area contributed by atoms with Gasteiger partial charge in [0.25, 0.3) is 0 Å². The molecule has 4 aromatic rings. The molecule has 2 aromatic heterocycles. The van der Waals surface area contributed by atoms with Crippen LogP contribution in [0.1, 0.15) is 29.6 Å². The highest BCUT2D eigenvalue weighted by Gasteiger charge is 2.43. The number of thiazole rings is 1. The van der Waals surface area contributed by atoms with Crippen molar-refractivity contribution in [2.45, 2.75) is 31.2 Å². The number of aromatic nitrogens is 3. The van der Waals surface area contributed by atoms with Gasteiger partial charge in [-0.15, -0.1) is 21.5 Å². The molecule has 5 rings (SSSR count). The Hall–Kier alpha value is -3.10. The summed E-state index contributed by atoms with van der Waals surface area (Å²) in [6, 6.07) is 16.3. The molecular weight excluding hydrogens is 400 g/mol. The zero-order chi connectivity index (χ0) is 20.6. The van der Waals surface area contributed by atoms with E-state index in [4.69, 9.17) is 9.40 Å². The fraction of sp³-hybridized carbons (Fsp3) is 0.273. The molecule has 0 spiro atoms. The van der Waals surface area contributed by atoms with Crippen LogP contribution in [0, 0.1) is 0 Å². The first-order chi connectivity index (χ1) is 14.6. The first-order valence-electron chi connectivity index (χ1n) is 9.81. The summed E-state index contributed by atoms with van der Waals surface area (Å²) in [7, 11) is 0. The van der Waals surface area contributed by atoms with Gasteiger partial charge in [0, 0.05) is 5.56 Å². The number of carbonyl (C=O) groups is 1. The summed E-state index contributed by atoms with van der Waals surface area (Å²) < 4.78 is 6.76. The maximum atomic E-state index is 12.1. The number of nitrogens with zero attached hydrogens (tertiary/aromatic N) is 3. The molecule has 1 aliphatic rings. The zero-order valence-corrected chi connectivity index (χ0v) is 17.0. The summed E-state index contributed by atoms with van der Waals surface area (Å²) in [6.07, 6.45) is 2.02. The largest absolute Gasteiger partial charge is 0.424 e. The van der Waals surface area contributed by atoms with Crippen LogP contribution in [-0.2, 0) is 17.6 Å². The molecule has 8 heteroatoms. The van der Waals surface area contributed by atoms with Crippen LogP contribution in [0.25, 0.3) is 21.3 Å². The number of hydrogen-bond donors (Lipinski definition) is 2. The van der Waals surface area contributed by atoms with Gasteiger partial charge in [-0.2, -0.15) is 0 Å². The number of para-hydroxylation sites is 1. The minimum absolute atomic E-state index is 0.00670. The molecule has 1 saturated carbocycles. The Morgan fingerprint density at radius 1 is 1.10 bits per heavy atom. The molecule has 0 saturated heterocycles. The second-order valence-electron chi connectivity index (χ2n) is 7.56. The van der Waals surface area contributed by atoms with Crippen molar-refractivity contribution in [2.24, 2.45) is 0 Å². The predicted octanol–water partition coefficient (Wildman–Crippen LogP) is 3.12. The minimum Gasteiger partial charge on any atom is -0.424 e. The second kappa shape index (κ2) is 7.62. The molecule has 0 bridgehead atoms. The maximum absolute atomic E-state index is 12.1. The van der Waals surface area contributed by atoms with E-state index in [0.717, 1.165) is 39.2 Å². The van der Waals surface area contributed by atoms with Crippen molar-refractivity contribution in [3.8, 4) is 11.1 Å². The van der Waals surface area contributed by atoms with Crippen LogP contribution in [0.2, 0.25) is 0 Å². The van der Waals surface area contributed by atoms with Crippen LogP contribution >= 0.6 is 11.3 Å². The van der Waals surface area contributed by atoms with E-state index in [9.17, 15) is 9.90 Å². The average molecular weight is 420 g/mol. The molecule has 1 fully saturated rings. The molecule has 0 radical (unpaired) electrons. The van der Waals surface area contributed by atoms with Crippen LogP contribution in [0.4, 0.5) is 0 Å². The second-order valence-corrected chi connectivity index (χ2v) is 8.67. The monoisotopic (exact) mass is 420 g/mol. The van der Waals surface area contributed by atoms with Crippen molar-refractivity contribution in [1.29, 1.82) is 0 Å². The Labute approximate surface area is 176 Å². The summed E-state index contributed by atoms with van der Waals surface area (Å²) in [6.45, 7) is -0.0452. The molecule has 1 aliphatic carbocycles. The lowest BCUT2D eigenvalue weighted by atomic mass is 10.1. The Bertz CT molecular complexity index is 1200. The number of nitrogens with one attached hydrogen (secondary N) is 1. The van der Waals surface area contributed by atoms with Gasteiger partial charge in [-0.25, -0.2) is 4.98 Å². The lowest BCUT2D eigenvalue weighted by Crippen LogP contribution is -2.40. The van der Waals surface area contributed by atoms with Crippen molar-refractivity contribution in [3.63, 3.8) is 0 Å². The summed E-state index contributed by atoms with van der Waals surface area (Å²) in [5, 5.41) is 21.1. The van der Waals surface area contributed by atoms with E-state index < -0.39 is 5.54 Å². The predicted molar refractivity (Wildman–Crippen MR) is 113 cm³/mol. The van der Waals surface area contributed by atoms with E-state index in [2.05, 4.69) is 39.8 Å². The van der Waals surface area contributed by atoms with E-state index in [1.807, 2.05) is 24.3 Å². The van der Waals surface area contributed by atoms with Gasteiger partial charge in [0.1, 0.15) is 11.4 Å². The van der Waals surface area contributed by atoms with Gasteiger partial charge >= 0.3 is 0 Å². The molecule has 0 unspecified atom stereocenters. The highest BCUT2D eigenvalue weighted by molar-refractivity contribution is 7.18. The van der Waals surface area contributed by atoms with Gasteiger partial charge in [0.2, 0.25) is 17.7 Å². The summed E-state index contributed by atoms with van der Waals surface area (Å²) in [5.74, 6) is 0.480. The Morgan fingerprint density at radius 2 is 1.90 bits per heavy atom. The number of amides is 1. The smallest absolute Gasteiger partial charge is 0.229 e. The topological polar surface area (TPSA) is 101 Å². The van der Waals surface area contributed by atoms with Crippen molar-refractivity contribution < 1.29 is 14.3 Å². The Kier molecular flexibility index (Phi) is 4.80. The number of rotatable bonds is 7. The molecule has 30 heavy (non-hydrogen) atoms. The number of fused-ring (bicyclic) bond motifs is 1. The van der Waals surface area contributed by atoms with Crippen LogP contribution < -0.4 is 5.32 Å². The van der Waals surface area contributed by atoms with Crippen molar-refractivity contribution in [3.05, 3.63) is 65.3 Å². The first-order valence-corrected chi connectivity index (χ1v) is 10.6. The van der Waals surface area contributed by atoms with Crippen LogP contribution in [0.15, 0.2) is 52.9 Å². The average Bonchev–Trinajstić information content (AvgIpc) is 3.19. The quantitative estimate of drug-likeness (QED) is 0.476. The molecule has 2 aromatic carbocycles. The van der Waals surface area contributed by atoms with Gasteiger partial charge in [-0.3, -0.25) is 4.79 Å². The number of carbonyl (C=O) groups excluding carboxylic acids is 1. The van der Waals surface area contributed by atoms with Crippen molar-refractivity contribution >= 4 is 27.5 Å². The van der Waals surface area contributed by atoms with E-state index in [-0.39, 0.29) is 24.8 Å². The van der Waals surface area contributed by atoms with Gasteiger partial charge in [-0.05, 0) is 24.5 Å². The van der Waals surface area contributed by atoms with Gasteiger partial charge < -0.3 is 14.8 Å². The standard InChI is InChI=1S/C22H20N4O3S/c27-13-22(9-10-22)24-17(28)11-18-25-26-19(29-18)12-20-23-21-15(7-4-8-16(21)30-20)14-5-2-1-3-6-14/h1-8,27H,9-13H2,(H,24,28). The SMILES string of the molecule is O=C(Cc1nnc(Cc2nc3c(-c4ccccc4)cccc3s2)o1)NC1(CO)CC1. The number of hydrogen-bond acceptors (Lipinski definition) is 7. The molecule has 7 nitrogen and oxygen atoms in total.